The van der Waals surface area contributed by atoms with E-state index in [2.05, 4.69) is 10.2 Å². The van der Waals surface area contributed by atoms with Gasteiger partial charge in [-0.15, -0.1) is 0 Å². The molecule has 3 N–H and O–H groups in total. The van der Waals surface area contributed by atoms with E-state index < -0.39 is 28.9 Å². The van der Waals surface area contributed by atoms with Crippen molar-refractivity contribution in [2.45, 2.75) is 55.3 Å². The van der Waals surface area contributed by atoms with E-state index in [0.717, 1.165) is 35.3 Å². The van der Waals surface area contributed by atoms with Crippen molar-refractivity contribution in [3.8, 4) is 34.1 Å². The number of phenolic OH excluding ortho intramolecular Hbond substituents is 1. The monoisotopic (exact) mass is 580 g/mol. The van der Waals surface area contributed by atoms with Gasteiger partial charge in [0, 0.05) is 29.4 Å². The summed E-state index contributed by atoms with van der Waals surface area (Å²) in [6.45, 7) is 1.81. The number of carbonyl (C=O) groups is 2. The zero-order chi connectivity index (χ0) is 29.1. The minimum absolute atomic E-state index is 0.00405. The van der Waals surface area contributed by atoms with Crippen LogP contribution in [0.3, 0.4) is 0 Å². The van der Waals surface area contributed by atoms with Crippen molar-refractivity contribution < 1.29 is 34.0 Å². The highest BCUT2D eigenvalue weighted by Crippen LogP contribution is 2.65. The van der Waals surface area contributed by atoms with Crippen LogP contribution in [0.2, 0.25) is 0 Å². The first kappa shape index (κ1) is 25.4. The van der Waals surface area contributed by atoms with Gasteiger partial charge in [-0.25, -0.2) is 0 Å². The maximum absolute atomic E-state index is 14.3. The number of aromatic hydroxyl groups is 1. The Balaban J connectivity index is 1.09. The first-order chi connectivity index (χ1) is 20.9. The standard InChI is InChI=1S/C34H32N2O7/c37-24-9-7-20-14-27-34(40)15-22(29(38)31-33(34,28(20)30(24)43-31)11-12-36(27)16-18-5-6-18)32(39)35-23-4-2-1-3-21(23)19-8-10-25-26(13-19)42-17-41-25/h1-4,7-10,13,18,22,27,31,37,40H,5-6,11-12,14-17H2,(H,35,39)/t22?,27-,31+,33+,34-/m1/s1. The van der Waals surface area contributed by atoms with Crippen molar-refractivity contribution in [2.24, 2.45) is 11.8 Å². The second-order valence-electron chi connectivity index (χ2n) is 13.0. The summed E-state index contributed by atoms with van der Waals surface area (Å²) < 4.78 is 17.3. The summed E-state index contributed by atoms with van der Waals surface area (Å²) in [4.78, 5) is 30.7. The minimum Gasteiger partial charge on any atom is -0.504 e. The van der Waals surface area contributed by atoms with E-state index in [4.69, 9.17) is 14.2 Å². The average Bonchev–Trinajstić information content (AvgIpc) is 3.56. The number of amides is 1. The third kappa shape index (κ3) is 3.40. The van der Waals surface area contributed by atoms with Crippen molar-refractivity contribution >= 4 is 17.4 Å². The van der Waals surface area contributed by atoms with Crippen LogP contribution in [0, 0.1) is 11.8 Å². The SMILES string of the molecule is O=C(Nc1ccccc1-c1ccc2c(c1)OCO2)C1C[C@@]2(O)[C@H]3Cc4ccc(O)c5c4[C@@]2(CCN3CC2CC2)[C@@H](O5)C1=O. The van der Waals surface area contributed by atoms with Gasteiger partial charge in [-0.3, -0.25) is 14.5 Å². The van der Waals surface area contributed by atoms with Crippen LogP contribution < -0.4 is 19.5 Å². The lowest BCUT2D eigenvalue weighted by atomic mass is 9.47. The minimum atomic E-state index is -1.37. The average molecular weight is 581 g/mol. The molecule has 1 saturated heterocycles. The first-order valence-electron chi connectivity index (χ1n) is 15.2. The van der Waals surface area contributed by atoms with Crippen LogP contribution in [0.5, 0.6) is 23.0 Å². The molecule has 3 aromatic rings. The molecule has 1 unspecified atom stereocenters. The molecule has 2 bridgehead atoms. The fourth-order valence-corrected chi connectivity index (χ4v) is 8.65. The summed E-state index contributed by atoms with van der Waals surface area (Å²) >= 11 is 0. The molecular formula is C34H32N2O7. The molecule has 3 aliphatic heterocycles. The third-order valence-corrected chi connectivity index (χ3v) is 10.8. The molecule has 3 aromatic carbocycles. The second-order valence-corrected chi connectivity index (χ2v) is 13.0. The summed E-state index contributed by atoms with van der Waals surface area (Å²) in [5.41, 5.74) is 1.59. The van der Waals surface area contributed by atoms with Gasteiger partial charge >= 0.3 is 0 Å². The van der Waals surface area contributed by atoms with Gasteiger partial charge in [-0.2, -0.15) is 0 Å². The normalized spacial score (nSPS) is 31.4. The fraction of sp³-hybridized carbons (Fsp3) is 0.412. The van der Waals surface area contributed by atoms with E-state index in [-0.39, 0.29) is 36.5 Å². The lowest BCUT2D eigenvalue weighted by molar-refractivity contribution is -0.197. The predicted octanol–water partition coefficient (Wildman–Crippen LogP) is 3.79. The molecule has 9 rings (SSSR count). The van der Waals surface area contributed by atoms with E-state index in [1.54, 1.807) is 12.1 Å². The Kier molecular flexibility index (Phi) is 5.16. The van der Waals surface area contributed by atoms with Gasteiger partial charge in [0.15, 0.2) is 34.9 Å². The molecule has 3 aliphatic carbocycles. The highest BCUT2D eigenvalue weighted by atomic mass is 16.7. The summed E-state index contributed by atoms with van der Waals surface area (Å²) in [5, 5.41) is 26.7. The Labute approximate surface area is 248 Å². The number of nitrogens with zero attached hydrogens (tertiary/aromatic N) is 1. The number of Topliss-reactive ketones (excluding diaryl/α,β-unsaturated/α-hetero) is 1. The van der Waals surface area contributed by atoms with E-state index in [9.17, 15) is 19.8 Å². The summed E-state index contributed by atoms with van der Waals surface area (Å²) in [6, 6.07) is 16.3. The molecule has 43 heavy (non-hydrogen) atoms. The van der Waals surface area contributed by atoms with E-state index >= 15 is 0 Å². The van der Waals surface area contributed by atoms with Crippen molar-refractivity contribution in [1.29, 1.82) is 0 Å². The predicted molar refractivity (Wildman–Crippen MR) is 155 cm³/mol. The molecule has 9 nitrogen and oxygen atoms in total. The molecule has 2 saturated carbocycles. The lowest BCUT2D eigenvalue weighted by Gasteiger charge is -2.63. The number of phenols is 1. The van der Waals surface area contributed by atoms with Gasteiger partial charge in [0.1, 0.15) is 5.92 Å². The number of anilines is 1. The van der Waals surface area contributed by atoms with E-state index in [0.29, 0.717) is 35.9 Å². The molecule has 1 spiro atoms. The number of benzene rings is 3. The maximum Gasteiger partial charge on any atom is 0.235 e. The molecular weight excluding hydrogens is 548 g/mol. The Morgan fingerprint density at radius 3 is 2.77 bits per heavy atom. The number of fused-ring (bicyclic) bond motifs is 1. The molecule has 220 valence electrons. The fourth-order valence-electron chi connectivity index (χ4n) is 8.65. The third-order valence-electron chi connectivity index (χ3n) is 10.8. The number of piperidine rings is 1. The summed E-state index contributed by atoms with van der Waals surface area (Å²) in [7, 11) is 0. The topological polar surface area (TPSA) is 118 Å². The highest BCUT2D eigenvalue weighted by molar-refractivity contribution is 6.11. The molecule has 0 radical (unpaired) electrons. The van der Waals surface area contributed by atoms with Gasteiger partial charge in [-0.1, -0.05) is 30.3 Å². The van der Waals surface area contributed by atoms with Gasteiger partial charge in [0.05, 0.1) is 11.0 Å². The highest BCUT2D eigenvalue weighted by Gasteiger charge is 2.75. The summed E-state index contributed by atoms with van der Waals surface area (Å²) in [6.07, 6.45) is 2.47. The van der Waals surface area contributed by atoms with Crippen LogP contribution in [0.4, 0.5) is 5.69 Å². The van der Waals surface area contributed by atoms with Crippen LogP contribution in [0.25, 0.3) is 11.1 Å². The zero-order valence-corrected chi connectivity index (χ0v) is 23.5. The number of hydrogen-bond acceptors (Lipinski definition) is 8. The number of para-hydroxylation sites is 1. The van der Waals surface area contributed by atoms with Crippen molar-refractivity contribution in [2.75, 3.05) is 25.2 Å². The maximum atomic E-state index is 14.3. The number of nitrogens with one attached hydrogen (secondary N) is 1. The Hall–Kier alpha value is -4.08. The number of likely N-dealkylation sites (tertiary alicyclic amines) is 1. The molecule has 6 aliphatic rings. The largest absolute Gasteiger partial charge is 0.504 e. The van der Waals surface area contributed by atoms with E-state index in [1.807, 2.05) is 42.5 Å². The van der Waals surface area contributed by atoms with Crippen molar-refractivity contribution in [1.82, 2.24) is 4.90 Å². The number of carbonyl (C=O) groups excluding carboxylic acids is 2. The number of aliphatic hydroxyl groups is 1. The van der Waals surface area contributed by atoms with Gasteiger partial charge in [0.2, 0.25) is 12.7 Å². The number of ether oxygens (including phenoxy) is 3. The summed E-state index contributed by atoms with van der Waals surface area (Å²) in [5.74, 6) is 0.252. The molecule has 0 aromatic heterocycles. The molecule has 5 atom stereocenters. The number of rotatable bonds is 5. The van der Waals surface area contributed by atoms with Gasteiger partial charge < -0.3 is 29.7 Å². The lowest BCUT2D eigenvalue weighted by Crippen LogP contribution is -2.78. The first-order valence-corrected chi connectivity index (χ1v) is 15.2. The quantitative estimate of drug-likeness (QED) is 0.391. The van der Waals surface area contributed by atoms with Crippen LogP contribution in [0.15, 0.2) is 54.6 Å². The second kappa shape index (κ2) is 8.74. The van der Waals surface area contributed by atoms with Crippen LogP contribution >= 0.6 is 0 Å². The molecule has 3 fully saturated rings. The molecule has 1 amide bonds. The Bertz CT molecular complexity index is 1720. The van der Waals surface area contributed by atoms with Crippen LogP contribution in [-0.2, 0) is 21.4 Å². The number of hydrogen-bond donors (Lipinski definition) is 3. The Morgan fingerprint density at radius 1 is 1.07 bits per heavy atom. The smallest absolute Gasteiger partial charge is 0.235 e. The van der Waals surface area contributed by atoms with Crippen molar-refractivity contribution in [3.63, 3.8) is 0 Å². The molecule has 9 heteroatoms. The number of ketones is 1. The zero-order valence-electron chi connectivity index (χ0n) is 23.5. The van der Waals surface area contributed by atoms with Gasteiger partial charge in [0.25, 0.3) is 0 Å². The van der Waals surface area contributed by atoms with Gasteiger partial charge in [-0.05, 0) is 80.0 Å². The van der Waals surface area contributed by atoms with E-state index in [1.165, 1.54) is 12.8 Å². The van der Waals surface area contributed by atoms with Crippen LogP contribution in [-0.4, -0.2) is 64.4 Å². The van der Waals surface area contributed by atoms with Crippen molar-refractivity contribution in [3.05, 3.63) is 65.7 Å². The Morgan fingerprint density at radius 2 is 1.91 bits per heavy atom. The van der Waals surface area contributed by atoms with Crippen LogP contribution in [0.1, 0.15) is 36.8 Å². The molecule has 3 heterocycles.